The third-order valence-electron chi connectivity index (χ3n) is 2.91. The van der Waals surface area contributed by atoms with Crippen LogP contribution in [0, 0.1) is 6.92 Å². The number of ether oxygens (including phenoxy) is 1. The van der Waals surface area contributed by atoms with Gasteiger partial charge in [0.2, 0.25) is 5.91 Å². The summed E-state index contributed by atoms with van der Waals surface area (Å²) < 4.78 is 10.8. The summed E-state index contributed by atoms with van der Waals surface area (Å²) in [7, 11) is 0. The van der Waals surface area contributed by atoms with Crippen molar-refractivity contribution in [2.75, 3.05) is 13.2 Å². The topological polar surface area (TPSA) is 63.5 Å². The minimum Gasteiger partial charge on any atom is -0.462 e. The van der Waals surface area contributed by atoms with Gasteiger partial charge in [-0.3, -0.25) is 10.1 Å². The Morgan fingerprint density at radius 2 is 2.40 bits per heavy atom. The monoisotopic (exact) mass is 294 g/mol. The van der Waals surface area contributed by atoms with E-state index >= 15 is 0 Å². The summed E-state index contributed by atoms with van der Waals surface area (Å²) in [5, 5.41) is 5.86. The van der Waals surface area contributed by atoms with Crippen LogP contribution in [0.3, 0.4) is 0 Å². The molecule has 1 aromatic rings. The number of aryl methyl sites for hydroxylation is 1. The molecule has 1 fully saturated rings. The van der Waals surface area contributed by atoms with Crippen molar-refractivity contribution in [2.24, 2.45) is 0 Å². The number of carbonyl (C=O) groups excluding carboxylic acids is 1. The van der Waals surface area contributed by atoms with E-state index in [4.69, 9.17) is 21.4 Å². The Kier molecular flexibility index (Phi) is 5.31. The van der Waals surface area contributed by atoms with E-state index < -0.39 is 0 Å². The Morgan fingerprint density at radius 1 is 1.55 bits per heavy atom. The van der Waals surface area contributed by atoms with E-state index in [1.165, 1.54) is 6.08 Å². The molecule has 1 atom stereocenters. The maximum absolute atomic E-state index is 11.6. The van der Waals surface area contributed by atoms with Gasteiger partial charge < -0.3 is 14.5 Å². The zero-order valence-corrected chi connectivity index (χ0v) is 12.2. The van der Waals surface area contributed by atoms with Gasteiger partial charge in [0, 0.05) is 19.2 Å². The van der Waals surface area contributed by atoms with Crippen LogP contribution in [0.4, 0.5) is 0 Å². The van der Waals surface area contributed by atoms with Crippen molar-refractivity contribution in [3.63, 3.8) is 0 Å². The van der Waals surface area contributed by atoms with E-state index in [-0.39, 0.29) is 12.0 Å². The third kappa shape index (κ3) is 4.79. The van der Waals surface area contributed by atoms with E-state index in [0.717, 1.165) is 25.2 Å². The molecule has 0 saturated carbocycles. The Labute approximate surface area is 123 Å². The van der Waals surface area contributed by atoms with Crippen LogP contribution in [0.1, 0.15) is 24.4 Å². The number of rotatable bonds is 4. The molecular formula is C14H18N2O3S. The van der Waals surface area contributed by atoms with Crippen LogP contribution in [0.15, 0.2) is 22.6 Å². The average molecular weight is 294 g/mol. The molecule has 0 aliphatic carbocycles. The largest absolute Gasteiger partial charge is 0.462 e. The van der Waals surface area contributed by atoms with E-state index in [0.29, 0.717) is 17.4 Å². The SMILES string of the molecule is Cc1ccc(/C=C/C(=O)NC(=S)NCC2CCCO2)o1. The molecule has 6 heteroatoms. The number of carbonyl (C=O) groups is 1. The molecule has 1 unspecified atom stereocenters. The second-order valence-corrected chi connectivity index (χ2v) is 5.02. The molecule has 0 radical (unpaired) electrons. The molecule has 108 valence electrons. The van der Waals surface area contributed by atoms with Gasteiger partial charge in [-0.05, 0) is 50.2 Å². The summed E-state index contributed by atoms with van der Waals surface area (Å²) in [4.78, 5) is 11.6. The van der Waals surface area contributed by atoms with Gasteiger partial charge in [0.15, 0.2) is 5.11 Å². The highest BCUT2D eigenvalue weighted by molar-refractivity contribution is 7.80. The third-order valence-corrected chi connectivity index (χ3v) is 3.16. The smallest absolute Gasteiger partial charge is 0.250 e. The number of thiocarbonyl (C=S) groups is 1. The first-order valence-corrected chi connectivity index (χ1v) is 6.99. The molecule has 1 saturated heterocycles. The fraction of sp³-hybridized carbons (Fsp3) is 0.429. The first-order chi connectivity index (χ1) is 9.63. The van der Waals surface area contributed by atoms with Gasteiger partial charge in [-0.1, -0.05) is 0 Å². The second-order valence-electron chi connectivity index (χ2n) is 4.62. The Hall–Kier alpha value is -1.66. The molecule has 1 aliphatic rings. The summed E-state index contributed by atoms with van der Waals surface area (Å²) in [5.74, 6) is 1.15. The van der Waals surface area contributed by atoms with Gasteiger partial charge in [0.1, 0.15) is 11.5 Å². The number of amides is 1. The number of furan rings is 1. The van der Waals surface area contributed by atoms with Crippen molar-refractivity contribution in [3.8, 4) is 0 Å². The molecule has 1 aliphatic heterocycles. The number of nitrogens with one attached hydrogen (secondary N) is 2. The molecule has 20 heavy (non-hydrogen) atoms. The highest BCUT2D eigenvalue weighted by Gasteiger charge is 2.15. The first kappa shape index (κ1) is 14.7. The lowest BCUT2D eigenvalue weighted by Crippen LogP contribution is -2.41. The van der Waals surface area contributed by atoms with Crippen LogP contribution in [-0.2, 0) is 9.53 Å². The van der Waals surface area contributed by atoms with Crippen LogP contribution < -0.4 is 10.6 Å². The lowest BCUT2D eigenvalue weighted by molar-refractivity contribution is -0.115. The van der Waals surface area contributed by atoms with E-state index in [9.17, 15) is 4.79 Å². The zero-order chi connectivity index (χ0) is 14.4. The molecule has 1 aromatic heterocycles. The molecule has 2 N–H and O–H groups in total. The standard InChI is InChI=1S/C14H18N2O3S/c1-10-4-5-11(19-10)6-7-13(17)16-14(20)15-9-12-3-2-8-18-12/h4-7,12H,2-3,8-9H2,1H3,(H2,15,16,17,20)/b7-6+. The van der Waals surface area contributed by atoms with E-state index in [2.05, 4.69) is 10.6 Å². The highest BCUT2D eigenvalue weighted by Crippen LogP contribution is 2.10. The van der Waals surface area contributed by atoms with Crippen LogP contribution >= 0.6 is 12.2 Å². The lowest BCUT2D eigenvalue weighted by atomic mass is 10.2. The van der Waals surface area contributed by atoms with Crippen molar-refractivity contribution in [3.05, 3.63) is 29.7 Å². The molecule has 5 nitrogen and oxygen atoms in total. The fourth-order valence-electron chi connectivity index (χ4n) is 1.91. The Balaban J connectivity index is 1.70. The molecular weight excluding hydrogens is 276 g/mol. The molecule has 1 amide bonds. The Morgan fingerprint density at radius 3 is 3.05 bits per heavy atom. The van der Waals surface area contributed by atoms with Gasteiger partial charge in [0.25, 0.3) is 0 Å². The summed E-state index contributed by atoms with van der Waals surface area (Å²) in [5.41, 5.74) is 0. The summed E-state index contributed by atoms with van der Waals surface area (Å²) in [6.45, 7) is 3.28. The Bertz CT molecular complexity index is 504. The van der Waals surface area contributed by atoms with Crippen molar-refractivity contribution in [1.29, 1.82) is 0 Å². The van der Waals surface area contributed by atoms with Crippen LogP contribution in [0.2, 0.25) is 0 Å². The molecule has 0 aromatic carbocycles. The molecule has 0 spiro atoms. The van der Waals surface area contributed by atoms with Gasteiger partial charge in [-0.25, -0.2) is 0 Å². The minimum absolute atomic E-state index is 0.187. The van der Waals surface area contributed by atoms with Crippen molar-refractivity contribution >= 4 is 29.3 Å². The average Bonchev–Trinajstić information content (AvgIpc) is 3.05. The quantitative estimate of drug-likeness (QED) is 0.654. The minimum atomic E-state index is -0.288. The lowest BCUT2D eigenvalue weighted by Gasteiger charge is -2.12. The highest BCUT2D eigenvalue weighted by atomic mass is 32.1. The van der Waals surface area contributed by atoms with Crippen LogP contribution in [0.25, 0.3) is 6.08 Å². The van der Waals surface area contributed by atoms with Crippen molar-refractivity contribution < 1.29 is 13.9 Å². The normalized spacial score (nSPS) is 18.4. The van der Waals surface area contributed by atoms with Gasteiger partial charge in [0.05, 0.1) is 6.10 Å². The maximum atomic E-state index is 11.6. The predicted octanol–water partition coefficient (Wildman–Crippen LogP) is 1.77. The van der Waals surface area contributed by atoms with Crippen molar-refractivity contribution in [1.82, 2.24) is 10.6 Å². The summed E-state index contributed by atoms with van der Waals surface area (Å²) in [6.07, 6.45) is 5.29. The number of hydrogen-bond donors (Lipinski definition) is 2. The van der Waals surface area contributed by atoms with Gasteiger partial charge >= 0.3 is 0 Å². The predicted molar refractivity (Wildman–Crippen MR) is 80.2 cm³/mol. The fourth-order valence-corrected chi connectivity index (χ4v) is 2.09. The number of hydrogen-bond acceptors (Lipinski definition) is 4. The van der Waals surface area contributed by atoms with Crippen LogP contribution in [-0.4, -0.2) is 30.3 Å². The molecule has 2 heterocycles. The molecule has 2 rings (SSSR count). The van der Waals surface area contributed by atoms with Crippen LogP contribution in [0.5, 0.6) is 0 Å². The maximum Gasteiger partial charge on any atom is 0.250 e. The van der Waals surface area contributed by atoms with Gasteiger partial charge in [-0.2, -0.15) is 0 Å². The van der Waals surface area contributed by atoms with E-state index in [1.54, 1.807) is 12.1 Å². The summed E-state index contributed by atoms with van der Waals surface area (Å²) in [6, 6.07) is 3.64. The second kappa shape index (κ2) is 7.21. The summed E-state index contributed by atoms with van der Waals surface area (Å²) >= 11 is 5.04. The molecule has 0 bridgehead atoms. The van der Waals surface area contributed by atoms with Crippen molar-refractivity contribution in [2.45, 2.75) is 25.9 Å². The zero-order valence-electron chi connectivity index (χ0n) is 11.3. The first-order valence-electron chi connectivity index (χ1n) is 6.58. The van der Waals surface area contributed by atoms with Gasteiger partial charge in [-0.15, -0.1) is 0 Å². The van der Waals surface area contributed by atoms with E-state index in [1.807, 2.05) is 13.0 Å².